The molecule has 21 heavy (non-hydrogen) atoms. The number of hydrogen-bond donors (Lipinski definition) is 1. The van der Waals surface area contributed by atoms with Gasteiger partial charge in [0.2, 0.25) is 0 Å². The first kappa shape index (κ1) is 15.0. The summed E-state index contributed by atoms with van der Waals surface area (Å²) in [5, 5.41) is 6.91. The van der Waals surface area contributed by atoms with Crippen LogP contribution in [-0.4, -0.2) is 15.7 Å². The van der Waals surface area contributed by atoms with E-state index in [4.69, 9.17) is 0 Å². The Kier molecular flexibility index (Phi) is 4.21. The van der Waals surface area contributed by atoms with E-state index in [2.05, 4.69) is 10.4 Å². The third-order valence-electron chi connectivity index (χ3n) is 3.03. The summed E-state index contributed by atoms with van der Waals surface area (Å²) >= 11 is 0. The highest BCUT2D eigenvalue weighted by molar-refractivity contribution is 6.02. The van der Waals surface area contributed by atoms with Crippen LogP contribution in [0.4, 0.5) is 5.69 Å². The summed E-state index contributed by atoms with van der Waals surface area (Å²) in [5.41, 5.74) is 2.88. The number of rotatable bonds is 3. The van der Waals surface area contributed by atoms with Gasteiger partial charge in [-0.25, -0.2) is 4.68 Å². The second kappa shape index (κ2) is 5.91. The van der Waals surface area contributed by atoms with Gasteiger partial charge >= 0.3 is 0 Å². The molecule has 2 aromatic rings. The molecule has 1 amide bonds. The van der Waals surface area contributed by atoms with Crippen molar-refractivity contribution in [3.05, 3.63) is 57.5 Å². The maximum absolute atomic E-state index is 12.2. The van der Waals surface area contributed by atoms with E-state index in [-0.39, 0.29) is 23.2 Å². The minimum Gasteiger partial charge on any atom is -0.321 e. The molecule has 0 saturated carbocycles. The van der Waals surface area contributed by atoms with Gasteiger partial charge < -0.3 is 5.32 Å². The predicted octanol–water partition coefficient (Wildman–Crippen LogP) is 2.69. The zero-order valence-electron chi connectivity index (χ0n) is 12.7. The van der Waals surface area contributed by atoms with Gasteiger partial charge in [-0.1, -0.05) is 6.07 Å². The number of nitrogens with one attached hydrogen (secondary N) is 1. The zero-order valence-corrected chi connectivity index (χ0v) is 12.7. The Morgan fingerprint density at radius 2 is 1.76 bits per heavy atom. The normalized spacial score (nSPS) is 10.7. The summed E-state index contributed by atoms with van der Waals surface area (Å²) in [5.74, 6) is -0.325. The Hall–Kier alpha value is -2.43. The van der Waals surface area contributed by atoms with E-state index in [1.54, 1.807) is 0 Å². The molecule has 0 spiro atoms. The molecule has 1 aromatic heterocycles. The second-order valence-corrected chi connectivity index (χ2v) is 5.43. The molecule has 0 bridgehead atoms. The molecule has 1 aromatic carbocycles. The number of carbonyl (C=O) groups excluding carboxylic acids is 1. The quantitative estimate of drug-likeness (QED) is 0.943. The maximum Gasteiger partial charge on any atom is 0.276 e. The number of amides is 1. The van der Waals surface area contributed by atoms with Gasteiger partial charge in [-0.15, -0.1) is 0 Å². The van der Waals surface area contributed by atoms with Crippen molar-refractivity contribution in [1.82, 2.24) is 9.78 Å². The summed E-state index contributed by atoms with van der Waals surface area (Å²) in [6.07, 6.45) is 0. The van der Waals surface area contributed by atoms with Gasteiger partial charge in [-0.3, -0.25) is 9.59 Å². The molecular formula is C16H19N3O2. The summed E-state index contributed by atoms with van der Waals surface area (Å²) in [4.78, 5) is 23.9. The van der Waals surface area contributed by atoms with Crippen LogP contribution in [0, 0.1) is 13.8 Å². The van der Waals surface area contributed by atoms with Crippen LogP contribution in [0.15, 0.2) is 35.1 Å². The SMILES string of the molecule is Cc1cc(C)cc(NC(=O)c2ccc(=O)n(C(C)C)n2)c1. The van der Waals surface area contributed by atoms with E-state index in [0.29, 0.717) is 0 Å². The lowest BCUT2D eigenvalue weighted by molar-refractivity contribution is 0.101. The van der Waals surface area contributed by atoms with Crippen molar-refractivity contribution in [2.45, 2.75) is 33.7 Å². The van der Waals surface area contributed by atoms with Crippen LogP contribution in [0.5, 0.6) is 0 Å². The molecule has 1 N–H and O–H groups in total. The van der Waals surface area contributed by atoms with Crippen LogP contribution in [-0.2, 0) is 0 Å². The summed E-state index contributed by atoms with van der Waals surface area (Å²) in [6, 6.07) is 8.54. The van der Waals surface area contributed by atoms with Gasteiger partial charge in [-0.05, 0) is 57.0 Å². The topological polar surface area (TPSA) is 64.0 Å². The van der Waals surface area contributed by atoms with Crippen molar-refractivity contribution in [2.24, 2.45) is 0 Å². The first-order valence-corrected chi connectivity index (χ1v) is 6.86. The molecule has 0 aliphatic carbocycles. The molecule has 0 radical (unpaired) electrons. The number of hydrogen-bond acceptors (Lipinski definition) is 3. The van der Waals surface area contributed by atoms with Gasteiger partial charge in [0.25, 0.3) is 11.5 Å². The molecule has 1 heterocycles. The molecule has 0 saturated heterocycles. The van der Waals surface area contributed by atoms with Gasteiger partial charge in [0.15, 0.2) is 0 Å². The Bertz CT molecular complexity index is 712. The fraction of sp³-hybridized carbons (Fsp3) is 0.312. The Morgan fingerprint density at radius 1 is 1.14 bits per heavy atom. The minimum atomic E-state index is -0.325. The fourth-order valence-corrected chi connectivity index (χ4v) is 2.16. The molecule has 5 nitrogen and oxygen atoms in total. The maximum atomic E-state index is 12.2. The third kappa shape index (κ3) is 3.56. The lowest BCUT2D eigenvalue weighted by atomic mass is 10.1. The van der Waals surface area contributed by atoms with Crippen molar-refractivity contribution in [3.8, 4) is 0 Å². The van der Waals surface area contributed by atoms with Crippen molar-refractivity contribution in [1.29, 1.82) is 0 Å². The lowest BCUT2D eigenvalue weighted by Gasteiger charge is -2.11. The van der Waals surface area contributed by atoms with Gasteiger partial charge in [0, 0.05) is 11.8 Å². The molecule has 0 fully saturated rings. The first-order chi connectivity index (χ1) is 9.86. The van der Waals surface area contributed by atoms with E-state index in [1.165, 1.54) is 16.8 Å². The monoisotopic (exact) mass is 285 g/mol. The minimum absolute atomic E-state index is 0.0912. The smallest absolute Gasteiger partial charge is 0.276 e. The van der Waals surface area contributed by atoms with E-state index in [0.717, 1.165) is 16.8 Å². The average molecular weight is 285 g/mol. The molecule has 0 unspecified atom stereocenters. The largest absolute Gasteiger partial charge is 0.321 e. The van der Waals surface area contributed by atoms with Crippen LogP contribution in [0.3, 0.4) is 0 Å². The first-order valence-electron chi connectivity index (χ1n) is 6.86. The number of aryl methyl sites for hydroxylation is 2. The number of anilines is 1. The highest BCUT2D eigenvalue weighted by atomic mass is 16.2. The van der Waals surface area contributed by atoms with Crippen LogP contribution in [0.2, 0.25) is 0 Å². The van der Waals surface area contributed by atoms with Gasteiger partial charge in [-0.2, -0.15) is 5.10 Å². The Balaban J connectivity index is 2.28. The fourth-order valence-electron chi connectivity index (χ4n) is 2.16. The Morgan fingerprint density at radius 3 is 2.33 bits per heavy atom. The highest BCUT2D eigenvalue weighted by Crippen LogP contribution is 2.14. The van der Waals surface area contributed by atoms with Gasteiger partial charge in [0.1, 0.15) is 5.69 Å². The summed E-state index contributed by atoms with van der Waals surface area (Å²) < 4.78 is 1.30. The van der Waals surface area contributed by atoms with Crippen molar-refractivity contribution < 1.29 is 4.79 Å². The average Bonchev–Trinajstić information content (AvgIpc) is 2.37. The Labute approximate surface area is 123 Å². The van der Waals surface area contributed by atoms with Crippen molar-refractivity contribution in [3.63, 3.8) is 0 Å². The lowest BCUT2D eigenvalue weighted by Crippen LogP contribution is -2.27. The van der Waals surface area contributed by atoms with Crippen LogP contribution in [0.25, 0.3) is 0 Å². The van der Waals surface area contributed by atoms with E-state index in [9.17, 15) is 9.59 Å². The third-order valence-corrected chi connectivity index (χ3v) is 3.03. The standard InChI is InChI=1S/C16H19N3O2/c1-10(2)19-15(20)6-5-14(18-19)16(21)17-13-8-11(3)7-12(4)9-13/h5-10H,1-4H3,(H,17,21). The van der Waals surface area contributed by atoms with Crippen LogP contribution in [0.1, 0.15) is 41.5 Å². The molecule has 2 rings (SSSR count). The molecular weight excluding hydrogens is 266 g/mol. The van der Waals surface area contributed by atoms with E-state index >= 15 is 0 Å². The number of benzene rings is 1. The number of carbonyl (C=O) groups is 1. The summed E-state index contributed by atoms with van der Waals surface area (Å²) in [7, 11) is 0. The molecule has 5 heteroatoms. The number of aromatic nitrogens is 2. The second-order valence-electron chi connectivity index (χ2n) is 5.43. The number of nitrogens with zero attached hydrogens (tertiary/aromatic N) is 2. The van der Waals surface area contributed by atoms with Crippen molar-refractivity contribution in [2.75, 3.05) is 5.32 Å². The van der Waals surface area contributed by atoms with Crippen LogP contribution < -0.4 is 10.9 Å². The molecule has 0 atom stereocenters. The van der Waals surface area contributed by atoms with E-state index < -0.39 is 0 Å². The van der Waals surface area contributed by atoms with E-state index in [1.807, 2.05) is 45.9 Å². The van der Waals surface area contributed by atoms with Crippen LogP contribution >= 0.6 is 0 Å². The van der Waals surface area contributed by atoms with Crippen molar-refractivity contribution >= 4 is 11.6 Å². The zero-order chi connectivity index (χ0) is 15.6. The molecule has 0 aliphatic heterocycles. The van der Waals surface area contributed by atoms with Gasteiger partial charge in [0.05, 0.1) is 6.04 Å². The summed E-state index contributed by atoms with van der Waals surface area (Å²) in [6.45, 7) is 7.64. The predicted molar refractivity (Wildman–Crippen MR) is 82.8 cm³/mol. The molecule has 0 aliphatic rings. The molecule has 110 valence electrons. The highest BCUT2D eigenvalue weighted by Gasteiger charge is 2.11.